The predicted octanol–water partition coefficient (Wildman–Crippen LogP) is 0.0106. The summed E-state index contributed by atoms with van der Waals surface area (Å²) in [5, 5.41) is 18.6. The Morgan fingerprint density at radius 1 is 1.29 bits per heavy atom. The van der Waals surface area contributed by atoms with Crippen molar-refractivity contribution in [2.24, 2.45) is 0 Å². The fraction of sp³-hybridized carbons (Fsp3) is 0.333. The van der Waals surface area contributed by atoms with E-state index < -0.39 is 11.9 Å². The average molecular weight is 332 g/mol. The lowest BCUT2D eigenvalue weighted by Crippen LogP contribution is -3.12. The predicted molar refractivity (Wildman–Crippen MR) is 90.7 cm³/mol. The quantitative estimate of drug-likeness (QED) is 0.649. The van der Waals surface area contributed by atoms with Gasteiger partial charge in [-0.3, -0.25) is 0 Å². The number of aromatic nitrogens is 1. The highest BCUT2D eigenvalue weighted by Gasteiger charge is 2.09. The molecule has 1 atom stereocenters. The number of carbonyl (C=O) groups excluding carboxylic acids is 1. The first kappa shape index (κ1) is 19.4. The number of carboxylic acids is 2. The van der Waals surface area contributed by atoms with Gasteiger partial charge in [-0.1, -0.05) is 18.2 Å². The van der Waals surface area contributed by atoms with Gasteiger partial charge < -0.3 is 24.9 Å². The fourth-order valence-electron chi connectivity index (χ4n) is 2.10. The third kappa shape index (κ3) is 6.66. The van der Waals surface area contributed by atoms with Crippen LogP contribution in [0.4, 0.5) is 0 Å². The van der Waals surface area contributed by atoms with Gasteiger partial charge in [0.1, 0.15) is 0 Å². The largest absolute Gasteiger partial charge is 0.545 e. The summed E-state index contributed by atoms with van der Waals surface area (Å²) in [4.78, 5) is 23.9. The van der Waals surface area contributed by atoms with Crippen LogP contribution in [0.25, 0.3) is 10.9 Å². The zero-order valence-corrected chi connectivity index (χ0v) is 14.2. The summed E-state index contributed by atoms with van der Waals surface area (Å²) in [5.74, 6) is -2.80. The van der Waals surface area contributed by atoms with E-state index >= 15 is 0 Å². The number of benzene rings is 1. The fourth-order valence-corrected chi connectivity index (χ4v) is 2.10. The SMILES string of the molecule is CC(C)[NH+](C)CCc1c[nH]c2ccccc12.O=C([O-])/C=C/C(=O)O. The van der Waals surface area contributed by atoms with Gasteiger partial charge in [-0.05, 0) is 31.6 Å². The van der Waals surface area contributed by atoms with E-state index in [0.29, 0.717) is 18.2 Å². The molecule has 130 valence electrons. The minimum absolute atomic E-state index is 0.447. The Labute approximate surface area is 141 Å². The minimum atomic E-state index is -1.51. The maximum Gasteiger partial charge on any atom is 0.328 e. The first-order valence-corrected chi connectivity index (χ1v) is 7.80. The summed E-state index contributed by atoms with van der Waals surface area (Å²) in [6, 6.07) is 9.22. The van der Waals surface area contributed by atoms with E-state index in [1.54, 1.807) is 4.90 Å². The molecule has 0 amide bonds. The van der Waals surface area contributed by atoms with Crippen molar-refractivity contribution < 1.29 is 24.7 Å². The van der Waals surface area contributed by atoms with E-state index in [1.165, 1.54) is 23.0 Å². The van der Waals surface area contributed by atoms with Crippen LogP contribution in [0, 0.1) is 0 Å². The van der Waals surface area contributed by atoms with Crippen LogP contribution < -0.4 is 10.0 Å². The van der Waals surface area contributed by atoms with Crippen molar-refractivity contribution in [3.63, 3.8) is 0 Å². The molecule has 0 spiro atoms. The number of aromatic amines is 1. The Kier molecular flexibility index (Phi) is 7.71. The highest BCUT2D eigenvalue weighted by Crippen LogP contribution is 2.17. The number of carboxylic acid groups (broad SMARTS) is 2. The number of para-hydroxylation sites is 1. The smallest absolute Gasteiger partial charge is 0.328 e. The summed E-state index contributed by atoms with van der Waals surface area (Å²) in [6.07, 6.45) is 4.24. The maximum atomic E-state index is 9.53. The van der Waals surface area contributed by atoms with Crippen molar-refractivity contribution in [3.8, 4) is 0 Å². The van der Waals surface area contributed by atoms with E-state index in [4.69, 9.17) is 5.11 Å². The van der Waals surface area contributed by atoms with E-state index in [9.17, 15) is 14.7 Å². The highest BCUT2D eigenvalue weighted by atomic mass is 16.4. The van der Waals surface area contributed by atoms with Gasteiger partial charge in [0.25, 0.3) is 0 Å². The number of aliphatic carboxylic acids is 2. The molecule has 0 aliphatic carbocycles. The Balaban J connectivity index is 0.000000307. The van der Waals surface area contributed by atoms with Crippen LogP contribution in [0.15, 0.2) is 42.6 Å². The first-order chi connectivity index (χ1) is 11.3. The molecule has 3 N–H and O–H groups in total. The van der Waals surface area contributed by atoms with Gasteiger partial charge >= 0.3 is 5.97 Å². The molecule has 0 radical (unpaired) electrons. The molecule has 6 nitrogen and oxygen atoms in total. The van der Waals surface area contributed by atoms with Crippen LogP contribution in [0.1, 0.15) is 19.4 Å². The summed E-state index contributed by atoms with van der Waals surface area (Å²) >= 11 is 0. The maximum absolute atomic E-state index is 9.53. The van der Waals surface area contributed by atoms with Crippen molar-refractivity contribution in [2.75, 3.05) is 13.6 Å². The molecule has 0 saturated heterocycles. The number of quaternary nitrogens is 1. The van der Waals surface area contributed by atoms with E-state index in [-0.39, 0.29) is 0 Å². The topological polar surface area (TPSA) is 97.7 Å². The van der Waals surface area contributed by atoms with E-state index in [1.807, 2.05) is 0 Å². The first-order valence-electron chi connectivity index (χ1n) is 7.80. The molecule has 0 saturated carbocycles. The Morgan fingerprint density at radius 3 is 2.50 bits per heavy atom. The van der Waals surface area contributed by atoms with Crippen molar-refractivity contribution in [1.29, 1.82) is 0 Å². The normalized spacial score (nSPS) is 12.2. The van der Waals surface area contributed by atoms with Crippen LogP contribution in [-0.2, 0) is 16.0 Å². The van der Waals surface area contributed by atoms with Gasteiger partial charge in [-0.2, -0.15) is 0 Å². The molecule has 1 aromatic carbocycles. The van der Waals surface area contributed by atoms with Gasteiger partial charge in [0.15, 0.2) is 0 Å². The number of carbonyl (C=O) groups is 2. The molecule has 0 aliphatic heterocycles. The second kappa shape index (κ2) is 9.52. The Morgan fingerprint density at radius 2 is 1.96 bits per heavy atom. The van der Waals surface area contributed by atoms with Crippen molar-refractivity contribution >= 4 is 22.8 Å². The molecular formula is C18H24N2O4. The van der Waals surface area contributed by atoms with Crippen LogP contribution in [-0.4, -0.2) is 41.7 Å². The minimum Gasteiger partial charge on any atom is -0.545 e. The van der Waals surface area contributed by atoms with Gasteiger partial charge in [-0.15, -0.1) is 0 Å². The van der Waals surface area contributed by atoms with Crippen LogP contribution in [0.3, 0.4) is 0 Å². The van der Waals surface area contributed by atoms with E-state index in [2.05, 4.69) is 56.3 Å². The number of fused-ring (bicyclic) bond motifs is 1. The Hall–Kier alpha value is -2.60. The zero-order valence-electron chi connectivity index (χ0n) is 14.2. The van der Waals surface area contributed by atoms with Crippen molar-refractivity contribution in [1.82, 2.24) is 4.98 Å². The number of hydrogen-bond acceptors (Lipinski definition) is 3. The van der Waals surface area contributed by atoms with Crippen molar-refractivity contribution in [2.45, 2.75) is 26.3 Å². The van der Waals surface area contributed by atoms with Gasteiger partial charge in [0, 0.05) is 29.6 Å². The lowest BCUT2D eigenvalue weighted by molar-refractivity contribution is -0.901. The number of rotatable bonds is 6. The molecular weight excluding hydrogens is 308 g/mol. The number of H-pyrrole nitrogens is 1. The number of hydrogen-bond donors (Lipinski definition) is 3. The highest BCUT2D eigenvalue weighted by molar-refractivity contribution is 5.88. The van der Waals surface area contributed by atoms with Gasteiger partial charge in [-0.25, -0.2) is 4.79 Å². The average Bonchev–Trinajstić information content (AvgIpc) is 2.94. The Bertz CT molecular complexity index is 688. The molecule has 1 unspecified atom stereocenters. The molecule has 1 aromatic heterocycles. The third-order valence-electron chi connectivity index (χ3n) is 3.81. The number of likely N-dealkylation sites (N-methyl/N-ethyl adjacent to an activating group) is 1. The zero-order chi connectivity index (χ0) is 18.1. The monoisotopic (exact) mass is 332 g/mol. The molecule has 24 heavy (non-hydrogen) atoms. The standard InChI is InChI=1S/C14H20N2.C4H4O4/c1-11(2)16(3)9-8-12-10-15-14-7-5-4-6-13(12)14;5-3(6)1-2-4(7)8/h4-7,10-11,15H,8-9H2,1-3H3;1-2H,(H,5,6)(H,7,8)/b;2-1+. The van der Waals surface area contributed by atoms with Gasteiger partial charge in [0.05, 0.1) is 25.6 Å². The van der Waals surface area contributed by atoms with Crippen LogP contribution >= 0.6 is 0 Å². The van der Waals surface area contributed by atoms with Crippen LogP contribution in [0.2, 0.25) is 0 Å². The molecule has 0 aliphatic rings. The second-order valence-electron chi connectivity index (χ2n) is 5.85. The molecule has 1 heterocycles. The van der Waals surface area contributed by atoms with Crippen LogP contribution in [0.5, 0.6) is 0 Å². The number of nitrogens with one attached hydrogen (secondary N) is 2. The summed E-state index contributed by atoms with van der Waals surface area (Å²) in [5.41, 5.74) is 2.69. The molecule has 0 fully saturated rings. The summed E-state index contributed by atoms with van der Waals surface area (Å²) in [6.45, 7) is 5.73. The summed E-state index contributed by atoms with van der Waals surface area (Å²) < 4.78 is 0. The second-order valence-corrected chi connectivity index (χ2v) is 5.85. The third-order valence-corrected chi connectivity index (χ3v) is 3.81. The summed E-state index contributed by atoms with van der Waals surface area (Å²) in [7, 11) is 2.26. The van der Waals surface area contributed by atoms with E-state index in [0.717, 1.165) is 6.42 Å². The molecule has 2 rings (SSSR count). The molecule has 2 aromatic rings. The molecule has 0 bridgehead atoms. The lowest BCUT2D eigenvalue weighted by atomic mass is 10.1. The van der Waals surface area contributed by atoms with Gasteiger partial charge in [0.2, 0.25) is 0 Å². The molecule has 6 heteroatoms. The van der Waals surface area contributed by atoms with Crippen molar-refractivity contribution in [3.05, 3.63) is 48.2 Å². The lowest BCUT2D eigenvalue weighted by Gasteiger charge is -2.17.